The lowest BCUT2D eigenvalue weighted by Crippen LogP contribution is -2.07. The second-order valence-electron chi connectivity index (χ2n) is 4.70. The van der Waals surface area contributed by atoms with Crippen LogP contribution in [0.25, 0.3) is 0 Å². The van der Waals surface area contributed by atoms with E-state index >= 15 is 0 Å². The molecule has 0 atom stereocenters. The molecule has 2 nitrogen and oxygen atoms in total. The summed E-state index contributed by atoms with van der Waals surface area (Å²) in [5.41, 5.74) is 2.11. The molecular weight excluding hydrogens is 208 g/mol. The highest BCUT2D eigenvalue weighted by Gasteiger charge is 2.12. The first kappa shape index (κ1) is 12.4. The Kier molecular flexibility index (Phi) is 4.09. The molecule has 0 saturated heterocycles. The predicted molar refractivity (Wildman–Crippen MR) is 64.4 cm³/mol. The Morgan fingerprint density at radius 2 is 1.73 bits per heavy atom. The molecule has 15 heavy (non-hydrogen) atoms. The molecule has 1 aromatic rings. The standard InChI is InChI=1S/C12H19ClN2/c1-7(2)6-10-9(5)11(13)15-12(14-10)8(3)4/h7-8H,6H2,1-5H3. The average molecular weight is 227 g/mol. The van der Waals surface area contributed by atoms with Crippen molar-refractivity contribution < 1.29 is 0 Å². The molecule has 84 valence electrons. The van der Waals surface area contributed by atoms with Gasteiger partial charge in [0.25, 0.3) is 0 Å². The predicted octanol–water partition coefficient (Wildman–Crippen LogP) is 3.76. The third-order valence-electron chi connectivity index (χ3n) is 2.32. The molecule has 0 radical (unpaired) electrons. The summed E-state index contributed by atoms with van der Waals surface area (Å²) in [5.74, 6) is 1.77. The molecule has 1 rings (SSSR count). The number of hydrogen-bond donors (Lipinski definition) is 0. The molecule has 0 aliphatic heterocycles. The van der Waals surface area contributed by atoms with Crippen molar-refractivity contribution in [3.8, 4) is 0 Å². The van der Waals surface area contributed by atoms with Crippen LogP contribution in [0.15, 0.2) is 0 Å². The highest BCUT2D eigenvalue weighted by Crippen LogP contribution is 2.21. The summed E-state index contributed by atoms with van der Waals surface area (Å²) in [7, 11) is 0. The maximum atomic E-state index is 6.10. The third-order valence-corrected chi connectivity index (χ3v) is 2.69. The Hall–Kier alpha value is -0.630. The fraction of sp³-hybridized carbons (Fsp3) is 0.667. The molecular formula is C12H19ClN2. The summed E-state index contributed by atoms with van der Waals surface area (Å²) in [4.78, 5) is 8.87. The zero-order valence-electron chi connectivity index (χ0n) is 10.1. The van der Waals surface area contributed by atoms with Gasteiger partial charge in [-0.1, -0.05) is 39.3 Å². The van der Waals surface area contributed by atoms with E-state index in [-0.39, 0.29) is 0 Å². The minimum atomic E-state index is 0.328. The zero-order chi connectivity index (χ0) is 11.6. The summed E-state index contributed by atoms with van der Waals surface area (Å²) in [6.07, 6.45) is 0.966. The monoisotopic (exact) mass is 226 g/mol. The highest BCUT2D eigenvalue weighted by molar-refractivity contribution is 6.30. The normalized spacial score (nSPS) is 11.5. The van der Waals surface area contributed by atoms with Crippen molar-refractivity contribution in [3.63, 3.8) is 0 Å². The highest BCUT2D eigenvalue weighted by atomic mass is 35.5. The minimum absolute atomic E-state index is 0.328. The number of halogens is 1. The fourth-order valence-electron chi connectivity index (χ4n) is 1.39. The molecule has 0 N–H and O–H groups in total. The number of hydrogen-bond acceptors (Lipinski definition) is 2. The van der Waals surface area contributed by atoms with E-state index in [9.17, 15) is 0 Å². The minimum Gasteiger partial charge on any atom is -0.237 e. The topological polar surface area (TPSA) is 25.8 Å². The van der Waals surface area contributed by atoms with Gasteiger partial charge in [-0.2, -0.15) is 0 Å². The Bertz CT molecular complexity index is 346. The first-order valence-corrected chi connectivity index (χ1v) is 5.82. The largest absolute Gasteiger partial charge is 0.237 e. The van der Waals surface area contributed by atoms with Crippen LogP contribution in [0.2, 0.25) is 5.15 Å². The second-order valence-corrected chi connectivity index (χ2v) is 5.05. The molecule has 0 bridgehead atoms. The molecule has 1 heterocycles. The van der Waals surface area contributed by atoms with Crippen LogP contribution in [-0.4, -0.2) is 9.97 Å². The molecule has 0 aromatic carbocycles. The van der Waals surface area contributed by atoms with Crippen molar-refractivity contribution >= 4 is 11.6 Å². The van der Waals surface area contributed by atoms with Gasteiger partial charge < -0.3 is 0 Å². The average Bonchev–Trinajstić information content (AvgIpc) is 2.11. The molecule has 1 aromatic heterocycles. The zero-order valence-corrected chi connectivity index (χ0v) is 10.9. The van der Waals surface area contributed by atoms with Crippen LogP contribution < -0.4 is 0 Å². The van der Waals surface area contributed by atoms with Gasteiger partial charge in [0, 0.05) is 17.2 Å². The molecule has 0 aliphatic carbocycles. The summed E-state index contributed by atoms with van der Waals surface area (Å²) in [6.45, 7) is 10.5. The quantitative estimate of drug-likeness (QED) is 0.734. The molecule has 0 aliphatic rings. The summed E-state index contributed by atoms with van der Waals surface area (Å²) in [6, 6.07) is 0. The van der Waals surface area contributed by atoms with Gasteiger partial charge in [0.2, 0.25) is 0 Å². The van der Waals surface area contributed by atoms with Gasteiger partial charge in [0.1, 0.15) is 11.0 Å². The Morgan fingerprint density at radius 1 is 1.13 bits per heavy atom. The molecule has 0 saturated carbocycles. The van der Waals surface area contributed by atoms with E-state index in [1.807, 2.05) is 6.92 Å². The van der Waals surface area contributed by atoms with Crippen molar-refractivity contribution in [1.29, 1.82) is 0 Å². The first-order chi connectivity index (χ1) is 6.91. The smallest absolute Gasteiger partial charge is 0.135 e. The summed E-state index contributed by atoms with van der Waals surface area (Å²) < 4.78 is 0. The van der Waals surface area contributed by atoms with Gasteiger partial charge in [-0.25, -0.2) is 9.97 Å². The number of aromatic nitrogens is 2. The summed E-state index contributed by atoms with van der Waals surface area (Å²) in [5, 5.41) is 0.601. The van der Waals surface area contributed by atoms with E-state index in [0.717, 1.165) is 23.5 Å². The maximum absolute atomic E-state index is 6.10. The molecule has 0 amide bonds. The fourth-order valence-corrected chi connectivity index (χ4v) is 1.59. The van der Waals surface area contributed by atoms with E-state index in [0.29, 0.717) is 17.0 Å². The Morgan fingerprint density at radius 3 is 2.20 bits per heavy atom. The molecule has 0 unspecified atom stereocenters. The van der Waals surface area contributed by atoms with Crippen molar-refractivity contribution in [2.24, 2.45) is 5.92 Å². The maximum Gasteiger partial charge on any atom is 0.135 e. The van der Waals surface area contributed by atoms with Gasteiger partial charge in [-0.15, -0.1) is 0 Å². The van der Waals surface area contributed by atoms with Crippen molar-refractivity contribution in [3.05, 3.63) is 22.2 Å². The Balaban J connectivity index is 3.13. The van der Waals surface area contributed by atoms with Crippen LogP contribution in [0.5, 0.6) is 0 Å². The van der Waals surface area contributed by atoms with Crippen LogP contribution in [0, 0.1) is 12.8 Å². The van der Waals surface area contributed by atoms with Gasteiger partial charge in [0.15, 0.2) is 0 Å². The van der Waals surface area contributed by atoms with Crippen molar-refractivity contribution in [1.82, 2.24) is 9.97 Å². The van der Waals surface area contributed by atoms with E-state index in [4.69, 9.17) is 11.6 Å². The van der Waals surface area contributed by atoms with E-state index < -0.39 is 0 Å². The number of rotatable bonds is 3. The molecule has 0 spiro atoms. The SMILES string of the molecule is Cc1c(Cl)nc(C(C)C)nc1CC(C)C. The lowest BCUT2D eigenvalue weighted by atomic mass is 10.0. The third kappa shape index (κ3) is 3.16. The van der Waals surface area contributed by atoms with Gasteiger partial charge in [0.05, 0.1) is 0 Å². The van der Waals surface area contributed by atoms with Crippen molar-refractivity contribution in [2.75, 3.05) is 0 Å². The first-order valence-electron chi connectivity index (χ1n) is 5.44. The van der Waals surface area contributed by atoms with Gasteiger partial charge in [-0.05, 0) is 19.3 Å². The van der Waals surface area contributed by atoms with Crippen LogP contribution in [-0.2, 0) is 6.42 Å². The van der Waals surface area contributed by atoms with Crippen LogP contribution in [0.3, 0.4) is 0 Å². The van der Waals surface area contributed by atoms with Gasteiger partial charge in [-0.3, -0.25) is 0 Å². The second kappa shape index (κ2) is 4.93. The number of nitrogens with zero attached hydrogens (tertiary/aromatic N) is 2. The Labute approximate surface area is 97.1 Å². The van der Waals surface area contributed by atoms with Crippen LogP contribution in [0.1, 0.15) is 50.7 Å². The van der Waals surface area contributed by atoms with Crippen LogP contribution in [0.4, 0.5) is 0 Å². The van der Waals surface area contributed by atoms with E-state index in [1.54, 1.807) is 0 Å². The van der Waals surface area contributed by atoms with Gasteiger partial charge >= 0.3 is 0 Å². The lowest BCUT2D eigenvalue weighted by molar-refractivity contribution is 0.622. The van der Waals surface area contributed by atoms with Crippen molar-refractivity contribution in [2.45, 2.75) is 47.0 Å². The molecule has 0 fully saturated rings. The summed E-state index contributed by atoms with van der Waals surface area (Å²) >= 11 is 6.10. The lowest BCUT2D eigenvalue weighted by Gasteiger charge is -2.12. The van der Waals surface area contributed by atoms with E-state index in [1.165, 1.54) is 0 Å². The molecule has 3 heteroatoms. The van der Waals surface area contributed by atoms with Crippen LogP contribution >= 0.6 is 11.6 Å². The van der Waals surface area contributed by atoms with E-state index in [2.05, 4.69) is 37.7 Å².